The molecular formula is C12H7ClF3N. The molecular weight excluding hydrogens is 251 g/mol. The number of aromatic nitrogens is 1. The molecule has 1 nitrogen and oxygen atoms in total. The third-order valence-corrected chi connectivity index (χ3v) is 2.46. The Bertz CT molecular complexity index is 503. The number of alkyl halides is 3. The molecule has 88 valence electrons. The van der Waals surface area contributed by atoms with E-state index < -0.39 is 11.7 Å². The summed E-state index contributed by atoms with van der Waals surface area (Å²) < 4.78 is 37.0. The molecule has 0 saturated heterocycles. The molecule has 0 radical (unpaired) electrons. The van der Waals surface area contributed by atoms with Crippen LogP contribution in [0.3, 0.4) is 0 Å². The third-order valence-electron chi connectivity index (χ3n) is 2.24. The zero-order chi connectivity index (χ0) is 12.5. The fourth-order valence-corrected chi connectivity index (χ4v) is 1.49. The Morgan fingerprint density at radius 1 is 0.941 bits per heavy atom. The molecule has 0 fully saturated rings. The van der Waals surface area contributed by atoms with Gasteiger partial charge in [-0.2, -0.15) is 13.2 Å². The van der Waals surface area contributed by atoms with Crippen LogP contribution in [0.15, 0.2) is 42.6 Å². The van der Waals surface area contributed by atoms with E-state index in [0.29, 0.717) is 16.3 Å². The van der Waals surface area contributed by atoms with Crippen LogP contribution in [0, 0.1) is 0 Å². The molecule has 0 amide bonds. The van der Waals surface area contributed by atoms with Gasteiger partial charge in [-0.25, -0.2) is 0 Å². The Balaban J connectivity index is 2.33. The SMILES string of the molecule is FC(F)(F)c1ccc(-c2ccc(Cl)cn2)cc1. The Morgan fingerprint density at radius 2 is 1.59 bits per heavy atom. The molecule has 0 aliphatic carbocycles. The number of hydrogen-bond donors (Lipinski definition) is 0. The summed E-state index contributed by atoms with van der Waals surface area (Å²) in [6, 6.07) is 8.14. The lowest BCUT2D eigenvalue weighted by Gasteiger charge is -2.07. The molecule has 1 aromatic carbocycles. The lowest BCUT2D eigenvalue weighted by Crippen LogP contribution is -2.04. The van der Waals surface area contributed by atoms with Crippen molar-refractivity contribution in [2.45, 2.75) is 6.18 Å². The first kappa shape index (κ1) is 11.9. The van der Waals surface area contributed by atoms with E-state index in [2.05, 4.69) is 4.98 Å². The van der Waals surface area contributed by atoms with Crippen molar-refractivity contribution in [2.75, 3.05) is 0 Å². The minimum atomic E-state index is -4.31. The van der Waals surface area contributed by atoms with E-state index in [-0.39, 0.29) is 0 Å². The summed E-state index contributed by atoms with van der Waals surface area (Å²) in [6.07, 6.45) is -2.86. The van der Waals surface area contributed by atoms with Gasteiger partial charge in [0.05, 0.1) is 16.3 Å². The van der Waals surface area contributed by atoms with E-state index in [1.54, 1.807) is 12.1 Å². The van der Waals surface area contributed by atoms with Crippen LogP contribution in [0.2, 0.25) is 5.02 Å². The summed E-state index contributed by atoms with van der Waals surface area (Å²) >= 11 is 5.67. The zero-order valence-electron chi connectivity index (χ0n) is 8.50. The second-order valence-electron chi connectivity index (χ2n) is 3.44. The van der Waals surface area contributed by atoms with Gasteiger partial charge in [-0.3, -0.25) is 4.98 Å². The van der Waals surface area contributed by atoms with Crippen molar-refractivity contribution in [3.8, 4) is 11.3 Å². The first-order valence-electron chi connectivity index (χ1n) is 4.76. The second kappa shape index (κ2) is 4.37. The van der Waals surface area contributed by atoms with Crippen LogP contribution in [0.25, 0.3) is 11.3 Å². The average Bonchev–Trinajstić information content (AvgIpc) is 2.29. The maximum Gasteiger partial charge on any atom is 0.416 e. The number of rotatable bonds is 1. The first-order chi connectivity index (χ1) is 7.97. The predicted molar refractivity (Wildman–Crippen MR) is 59.7 cm³/mol. The van der Waals surface area contributed by atoms with Gasteiger partial charge in [-0.15, -0.1) is 0 Å². The van der Waals surface area contributed by atoms with Crippen LogP contribution in [0.1, 0.15) is 5.56 Å². The van der Waals surface area contributed by atoms with Crippen LogP contribution in [0.5, 0.6) is 0 Å². The van der Waals surface area contributed by atoms with E-state index in [1.807, 2.05) is 0 Å². The lowest BCUT2D eigenvalue weighted by atomic mass is 10.1. The fraction of sp³-hybridized carbons (Fsp3) is 0.0833. The van der Waals surface area contributed by atoms with Gasteiger partial charge in [0.1, 0.15) is 0 Å². The molecule has 0 unspecified atom stereocenters. The van der Waals surface area contributed by atoms with Crippen molar-refractivity contribution >= 4 is 11.6 Å². The molecule has 0 spiro atoms. The highest BCUT2D eigenvalue weighted by Crippen LogP contribution is 2.30. The Kier molecular flexibility index (Phi) is 3.07. The molecule has 0 atom stereocenters. The van der Waals surface area contributed by atoms with E-state index in [9.17, 15) is 13.2 Å². The Morgan fingerprint density at radius 3 is 2.06 bits per heavy atom. The number of pyridine rings is 1. The largest absolute Gasteiger partial charge is 0.416 e. The van der Waals surface area contributed by atoms with Crippen LogP contribution in [0.4, 0.5) is 13.2 Å². The van der Waals surface area contributed by atoms with Crippen molar-refractivity contribution in [2.24, 2.45) is 0 Å². The van der Waals surface area contributed by atoms with Crippen molar-refractivity contribution in [1.82, 2.24) is 4.98 Å². The van der Waals surface area contributed by atoms with Crippen molar-refractivity contribution in [3.63, 3.8) is 0 Å². The summed E-state index contributed by atoms with van der Waals surface area (Å²) in [5.41, 5.74) is 0.535. The highest BCUT2D eigenvalue weighted by molar-refractivity contribution is 6.30. The molecule has 1 aromatic heterocycles. The Hall–Kier alpha value is -1.55. The second-order valence-corrected chi connectivity index (χ2v) is 3.87. The normalized spacial score (nSPS) is 11.5. The fourth-order valence-electron chi connectivity index (χ4n) is 1.38. The molecule has 2 rings (SSSR count). The summed E-state index contributed by atoms with van der Waals surface area (Å²) in [7, 11) is 0. The van der Waals surface area contributed by atoms with Crippen LogP contribution in [-0.2, 0) is 6.18 Å². The van der Waals surface area contributed by atoms with Gasteiger partial charge in [0.15, 0.2) is 0 Å². The number of nitrogens with zero attached hydrogens (tertiary/aromatic N) is 1. The zero-order valence-corrected chi connectivity index (χ0v) is 9.26. The lowest BCUT2D eigenvalue weighted by molar-refractivity contribution is -0.137. The van der Waals surface area contributed by atoms with Crippen LogP contribution < -0.4 is 0 Å². The van der Waals surface area contributed by atoms with Gasteiger partial charge < -0.3 is 0 Å². The summed E-state index contributed by atoms with van der Waals surface area (Å²) in [6.45, 7) is 0. The molecule has 0 aliphatic rings. The average molecular weight is 258 g/mol. The molecule has 17 heavy (non-hydrogen) atoms. The summed E-state index contributed by atoms with van der Waals surface area (Å²) in [5, 5.41) is 0.487. The van der Waals surface area contributed by atoms with E-state index in [1.165, 1.54) is 18.3 Å². The predicted octanol–water partition coefficient (Wildman–Crippen LogP) is 4.42. The van der Waals surface area contributed by atoms with Gasteiger partial charge in [0, 0.05) is 11.8 Å². The molecule has 1 heterocycles. The van der Waals surface area contributed by atoms with Gasteiger partial charge in [0.2, 0.25) is 0 Å². The standard InChI is InChI=1S/C12H7ClF3N/c13-10-5-6-11(17-7-10)8-1-3-9(4-2-8)12(14,15)16/h1-7H. The number of hydrogen-bond acceptors (Lipinski definition) is 1. The molecule has 2 aromatic rings. The maximum atomic E-state index is 12.3. The highest BCUT2D eigenvalue weighted by Gasteiger charge is 2.29. The van der Waals surface area contributed by atoms with Crippen molar-refractivity contribution < 1.29 is 13.2 Å². The topological polar surface area (TPSA) is 12.9 Å². The monoisotopic (exact) mass is 257 g/mol. The van der Waals surface area contributed by atoms with Crippen molar-refractivity contribution in [3.05, 3.63) is 53.2 Å². The third kappa shape index (κ3) is 2.77. The van der Waals surface area contributed by atoms with Crippen LogP contribution in [-0.4, -0.2) is 4.98 Å². The van der Waals surface area contributed by atoms with Crippen LogP contribution >= 0.6 is 11.6 Å². The summed E-state index contributed by atoms with van der Waals surface area (Å²) in [5.74, 6) is 0. The molecule has 0 bridgehead atoms. The van der Waals surface area contributed by atoms with Gasteiger partial charge in [-0.05, 0) is 24.3 Å². The van der Waals surface area contributed by atoms with Gasteiger partial charge in [0.25, 0.3) is 0 Å². The number of halogens is 4. The maximum absolute atomic E-state index is 12.3. The molecule has 0 saturated carbocycles. The van der Waals surface area contributed by atoms with Gasteiger partial charge in [-0.1, -0.05) is 23.7 Å². The smallest absolute Gasteiger partial charge is 0.255 e. The minimum absolute atomic E-state index is 0.487. The molecule has 0 N–H and O–H groups in total. The highest BCUT2D eigenvalue weighted by atomic mass is 35.5. The molecule has 5 heteroatoms. The van der Waals surface area contributed by atoms with Gasteiger partial charge >= 0.3 is 6.18 Å². The molecule has 0 aliphatic heterocycles. The first-order valence-corrected chi connectivity index (χ1v) is 5.14. The number of benzene rings is 1. The van der Waals surface area contributed by atoms with E-state index in [0.717, 1.165) is 12.1 Å². The Labute approximate surface area is 101 Å². The van der Waals surface area contributed by atoms with E-state index in [4.69, 9.17) is 11.6 Å². The quantitative estimate of drug-likeness (QED) is 0.737. The summed E-state index contributed by atoms with van der Waals surface area (Å²) in [4.78, 5) is 4.03. The van der Waals surface area contributed by atoms with Crippen molar-refractivity contribution in [1.29, 1.82) is 0 Å². The van der Waals surface area contributed by atoms with E-state index >= 15 is 0 Å². The minimum Gasteiger partial charge on any atom is -0.255 e.